The van der Waals surface area contributed by atoms with Crippen LogP contribution in [0.2, 0.25) is 0 Å². The molecule has 0 radical (unpaired) electrons. The Hall–Kier alpha value is -2.90. The van der Waals surface area contributed by atoms with E-state index in [4.69, 9.17) is 4.42 Å². The molecule has 1 aromatic carbocycles. The highest BCUT2D eigenvalue weighted by molar-refractivity contribution is 5.92. The Morgan fingerprint density at radius 1 is 1.25 bits per heavy atom. The van der Waals surface area contributed by atoms with Crippen molar-refractivity contribution in [1.29, 1.82) is 0 Å². The van der Waals surface area contributed by atoms with Gasteiger partial charge in [0.15, 0.2) is 0 Å². The Morgan fingerprint density at radius 2 is 2.18 bits per heavy atom. The third-order valence-electron chi connectivity index (χ3n) is 5.15. The molecule has 7 heteroatoms. The van der Waals surface area contributed by atoms with Gasteiger partial charge in [-0.15, -0.1) is 0 Å². The summed E-state index contributed by atoms with van der Waals surface area (Å²) in [6.45, 7) is 2.71. The van der Waals surface area contributed by atoms with Crippen molar-refractivity contribution >= 4 is 22.6 Å². The molecule has 1 atom stereocenters. The van der Waals surface area contributed by atoms with Gasteiger partial charge in [-0.25, -0.2) is 4.79 Å². The van der Waals surface area contributed by atoms with Crippen LogP contribution < -0.4 is 5.32 Å². The average Bonchev–Trinajstić information content (AvgIpc) is 3.22. The number of piperazine rings is 1. The first kappa shape index (κ1) is 18.5. The molecule has 0 spiro atoms. The van der Waals surface area contributed by atoms with Gasteiger partial charge in [0.25, 0.3) is 0 Å². The number of pyridine rings is 1. The Morgan fingerprint density at radius 3 is 3.00 bits per heavy atom. The standard InChI is InChI=1S/C21H24N4O3/c26-11-7-18-14-25(10-9-24(18)15-19-4-2-12-28-19)21(27)23-17-5-6-20-16(13-17)3-1-8-22-20/h1-6,8,12-13,18,26H,7,9-11,14-15H2,(H,23,27). The molecule has 2 amide bonds. The fourth-order valence-corrected chi connectivity index (χ4v) is 3.67. The number of fused-ring (bicyclic) bond motifs is 1. The van der Waals surface area contributed by atoms with Crippen LogP contribution in [0.15, 0.2) is 59.3 Å². The largest absolute Gasteiger partial charge is 0.468 e. The molecular weight excluding hydrogens is 356 g/mol. The second kappa shape index (κ2) is 8.41. The highest BCUT2D eigenvalue weighted by Gasteiger charge is 2.29. The molecule has 2 N–H and O–H groups in total. The Kier molecular flexibility index (Phi) is 5.55. The topological polar surface area (TPSA) is 81.8 Å². The van der Waals surface area contributed by atoms with Crippen LogP contribution in [0.5, 0.6) is 0 Å². The minimum atomic E-state index is -0.121. The van der Waals surface area contributed by atoms with Gasteiger partial charge in [0.2, 0.25) is 0 Å². The predicted octanol–water partition coefficient (Wildman–Crippen LogP) is 2.93. The highest BCUT2D eigenvalue weighted by atomic mass is 16.3. The van der Waals surface area contributed by atoms with Crippen molar-refractivity contribution < 1.29 is 14.3 Å². The number of urea groups is 1. The third-order valence-corrected chi connectivity index (χ3v) is 5.15. The number of carbonyl (C=O) groups is 1. The lowest BCUT2D eigenvalue weighted by Gasteiger charge is -2.41. The summed E-state index contributed by atoms with van der Waals surface area (Å²) >= 11 is 0. The van der Waals surface area contributed by atoms with Gasteiger partial charge in [-0.1, -0.05) is 6.07 Å². The number of nitrogens with one attached hydrogen (secondary N) is 1. The Bertz CT molecular complexity index is 928. The molecule has 1 saturated heterocycles. The molecule has 1 fully saturated rings. The minimum absolute atomic E-state index is 0.0897. The van der Waals surface area contributed by atoms with E-state index in [1.54, 1.807) is 12.5 Å². The van der Waals surface area contributed by atoms with E-state index >= 15 is 0 Å². The number of furan rings is 1. The van der Waals surface area contributed by atoms with E-state index in [1.165, 1.54) is 0 Å². The fraction of sp³-hybridized carbons (Fsp3) is 0.333. The van der Waals surface area contributed by atoms with Crippen LogP contribution in [0.3, 0.4) is 0 Å². The van der Waals surface area contributed by atoms with Crippen molar-refractivity contribution in [2.24, 2.45) is 0 Å². The van der Waals surface area contributed by atoms with Gasteiger partial charge in [-0.05, 0) is 42.8 Å². The fourth-order valence-electron chi connectivity index (χ4n) is 3.67. The van der Waals surface area contributed by atoms with Gasteiger partial charge in [0.1, 0.15) is 5.76 Å². The summed E-state index contributed by atoms with van der Waals surface area (Å²) < 4.78 is 5.45. The van der Waals surface area contributed by atoms with Gasteiger partial charge in [0, 0.05) is 49.6 Å². The molecule has 1 aliphatic rings. The molecule has 2 aromatic heterocycles. The Balaban J connectivity index is 1.41. The van der Waals surface area contributed by atoms with E-state index in [1.807, 2.05) is 47.4 Å². The van der Waals surface area contributed by atoms with Crippen LogP contribution in [-0.4, -0.2) is 58.2 Å². The van der Waals surface area contributed by atoms with Crippen molar-refractivity contribution in [3.05, 3.63) is 60.7 Å². The third kappa shape index (κ3) is 4.16. The van der Waals surface area contributed by atoms with Gasteiger partial charge < -0.3 is 19.7 Å². The number of aliphatic hydroxyl groups excluding tert-OH is 1. The van der Waals surface area contributed by atoms with E-state index in [0.717, 1.165) is 28.9 Å². The van der Waals surface area contributed by atoms with Crippen molar-refractivity contribution in [2.45, 2.75) is 19.0 Å². The molecule has 0 bridgehead atoms. The van der Waals surface area contributed by atoms with Crippen LogP contribution >= 0.6 is 0 Å². The summed E-state index contributed by atoms with van der Waals surface area (Å²) in [6.07, 6.45) is 4.04. The van der Waals surface area contributed by atoms with Gasteiger partial charge >= 0.3 is 6.03 Å². The molecule has 28 heavy (non-hydrogen) atoms. The SMILES string of the molecule is O=C(Nc1ccc2ncccc2c1)N1CCN(Cc2ccco2)C(CCO)C1. The number of hydrogen-bond acceptors (Lipinski definition) is 5. The molecule has 1 unspecified atom stereocenters. The molecular formula is C21H24N4O3. The monoisotopic (exact) mass is 380 g/mol. The maximum Gasteiger partial charge on any atom is 0.321 e. The molecule has 3 heterocycles. The molecule has 0 saturated carbocycles. The second-order valence-corrected chi connectivity index (χ2v) is 7.00. The first-order valence-corrected chi connectivity index (χ1v) is 9.51. The van der Waals surface area contributed by atoms with Crippen molar-refractivity contribution in [3.63, 3.8) is 0 Å². The second-order valence-electron chi connectivity index (χ2n) is 7.00. The number of aromatic nitrogens is 1. The van der Waals surface area contributed by atoms with Crippen LogP contribution in [0.4, 0.5) is 10.5 Å². The quantitative estimate of drug-likeness (QED) is 0.711. The summed E-state index contributed by atoms with van der Waals surface area (Å²) in [5.74, 6) is 0.894. The zero-order chi connectivity index (χ0) is 19.3. The van der Waals surface area contributed by atoms with E-state index in [9.17, 15) is 9.90 Å². The van der Waals surface area contributed by atoms with E-state index in [2.05, 4.69) is 15.2 Å². The van der Waals surface area contributed by atoms with Crippen LogP contribution in [-0.2, 0) is 6.54 Å². The number of amides is 2. The number of hydrogen-bond donors (Lipinski definition) is 2. The average molecular weight is 380 g/mol. The smallest absolute Gasteiger partial charge is 0.321 e. The summed E-state index contributed by atoms with van der Waals surface area (Å²) in [7, 11) is 0. The molecule has 3 aromatic rings. The van der Waals surface area contributed by atoms with E-state index in [-0.39, 0.29) is 18.7 Å². The maximum absolute atomic E-state index is 12.8. The van der Waals surface area contributed by atoms with E-state index < -0.39 is 0 Å². The number of benzene rings is 1. The molecule has 1 aliphatic heterocycles. The Labute approximate surface area is 163 Å². The molecule has 7 nitrogen and oxygen atoms in total. The zero-order valence-corrected chi connectivity index (χ0v) is 15.6. The van der Waals surface area contributed by atoms with Gasteiger partial charge in [-0.2, -0.15) is 0 Å². The number of anilines is 1. The number of carbonyl (C=O) groups excluding carboxylic acids is 1. The lowest BCUT2D eigenvalue weighted by molar-refractivity contribution is 0.0669. The minimum Gasteiger partial charge on any atom is -0.468 e. The molecule has 4 rings (SSSR count). The summed E-state index contributed by atoms with van der Waals surface area (Å²) in [5.41, 5.74) is 1.65. The lowest BCUT2D eigenvalue weighted by atomic mass is 10.1. The molecule has 0 aliphatic carbocycles. The zero-order valence-electron chi connectivity index (χ0n) is 15.6. The van der Waals surface area contributed by atoms with Crippen LogP contribution in [0.1, 0.15) is 12.2 Å². The summed E-state index contributed by atoms with van der Waals surface area (Å²) in [5, 5.41) is 13.4. The van der Waals surface area contributed by atoms with Crippen molar-refractivity contribution in [1.82, 2.24) is 14.8 Å². The first-order chi connectivity index (χ1) is 13.7. The number of rotatable bonds is 5. The number of nitrogens with zero attached hydrogens (tertiary/aromatic N) is 3. The van der Waals surface area contributed by atoms with Gasteiger partial charge in [0.05, 0.1) is 18.3 Å². The van der Waals surface area contributed by atoms with Crippen molar-refractivity contribution in [3.8, 4) is 0 Å². The number of aliphatic hydroxyl groups is 1. The highest BCUT2D eigenvalue weighted by Crippen LogP contribution is 2.20. The lowest BCUT2D eigenvalue weighted by Crippen LogP contribution is -2.55. The van der Waals surface area contributed by atoms with Gasteiger partial charge in [-0.3, -0.25) is 9.88 Å². The normalized spacial score (nSPS) is 17.8. The van der Waals surface area contributed by atoms with Crippen LogP contribution in [0.25, 0.3) is 10.9 Å². The maximum atomic E-state index is 12.8. The summed E-state index contributed by atoms with van der Waals surface area (Å²) in [4.78, 5) is 21.2. The summed E-state index contributed by atoms with van der Waals surface area (Å²) in [6, 6.07) is 13.3. The molecule has 146 valence electrons. The van der Waals surface area contributed by atoms with E-state index in [0.29, 0.717) is 26.1 Å². The first-order valence-electron chi connectivity index (χ1n) is 9.51. The van der Waals surface area contributed by atoms with Crippen molar-refractivity contribution in [2.75, 3.05) is 31.6 Å². The van der Waals surface area contributed by atoms with Crippen LogP contribution in [0, 0.1) is 0 Å². The predicted molar refractivity (Wildman–Crippen MR) is 107 cm³/mol.